The molecule has 1 aliphatic rings. The molecule has 9 heteroatoms. The standard InChI is InChI=1S/C19H20ClF3N2O2S/c20-17-7-6-15(19(21,22)23)12-18(17)28(26,27)24-16-8-10-25(11-9-16)13-14-4-2-1-3-5-14/h1-7,12,16,24H,8-11,13H2. The first-order chi connectivity index (χ1) is 13.1. The molecular formula is C19H20ClF3N2O2S. The van der Waals surface area contributed by atoms with Gasteiger partial charge in [0.1, 0.15) is 4.90 Å². The molecule has 1 saturated heterocycles. The van der Waals surface area contributed by atoms with E-state index in [0.717, 1.165) is 18.7 Å². The van der Waals surface area contributed by atoms with Crippen molar-refractivity contribution >= 4 is 21.6 Å². The first kappa shape index (κ1) is 21.1. The summed E-state index contributed by atoms with van der Waals surface area (Å²) in [5, 5.41) is -0.234. The van der Waals surface area contributed by atoms with Crippen LogP contribution in [0.5, 0.6) is 0 Å². The smallest absolute Gasteiger partial charge is 0.299 e. The van der Waals surface area contributed by atoms with Crippen LogP contribution in [-0.2, 0) is 22.7 Å². The zero-order chi connectivity index (χ0) is 20.4. The summed E-state index contributed by atoms with van der Waals surface area (Å²) in [7, 11) is -4.15. The zero-order valence-corrected chi connectivity index (χ0v) is 16.5. The molecule has 1 N–H and O–H groups in total. The van der Waals surface area contributed by atoms with Gasteiger partial charge in [0.05, 0.1) is 10.6 Å². The molecule has 1 fully saturated rings. The Morgan fingerprint density at radius 2 is 1.71 bits per heavy atom. The van der Waals surface area contributed by atoms with Crippen molar-refractivity contribution in [2.75, 3.05) is 13.1 Å². The van der Waals surface area contributed by atoms with Gasteiger partial charge in [-0.05, 0) is 36.6 Å². The average molecular weight is 433 g/mol. The van der Waals surface area contributed by atoms with Gasteiger partial charge >= 0.3 is 6.18 Å². The van der Waals surface area contributed by atoms with Gasteiger partial charge in [-0.1, -0.05) is 41.9 Å². The molecule has 2 aromatic rings. The third-order valence-corrected chi connectivity index (χ3v) is 6.71. The molecule has 0 unspecified atom stereocenters. The lowest BCUT2D eigenvalue weighted by atomic mass is 10.1. The normalized spacial score (nSPS) is 17.0. The van der Waals surface area contributed by atoms with E-state index in [1.165, 1.54) is 5.56 Å². The monoisotopic (exact) mass is 432 g/mol. The quantitative estimate of drug-likeness (QED) is 0.766. The fourth-order valence-corrected chi connectivity index (χ4v) is 5.05. The number of halogens is 4. The Morgan fingerprint density at radius 3 is 2.32 bits per heavy atom. The number of hydrogen-bond donors (Lipinski definition) is 1. The van der Waals surface area contributed by atoms with Crippen molar-refractivity contribution in [3.8, 4) is 0 Å². The van der Waals surface area contributed by atoms with Crippen LogP contribution in [0.25, 0.3) is 0 Å². The van der Waals surface area contributed by atoms with Crippen LogP contribution >= 0.6 is 11.6 Å². The van der Waals surface area contributed by atoms with Gasteiger partial charge in [0.25, 0.3) is 0 Å². The van der Waals surface area contributed by atoms with Crippen molar-refractivity contribution in [2.24, 2.45) is 0 Å². The minimum atomic E-state index is -4.64. The maximum Gasteiger partial charge on any atom is 0.416 e. The van der Waals surface area contributed by atoms with Gasteiger partial charge in [-0.25, -0.2) is 13.1 Å². The molecule has 0 aliphatic carbocycles. The average Bonchev–Trinajstić information content (AvgIpc) is 2.63. The number of piperidine rings is 1. The molecule has 1 heterocycles. The summed E-state index contributed by atoms with van der Waals surface area (Å²) >= 11 is 5.87. The van der Waals surface area contributed by atoms with Crippen LogP contribution in [0.2, 0.25) is 5.02 Å². The molecule has 0 spiro atoms. The van der Waals surface area contributed by atoms with Crippen molar-refractivity contribution in [3.05, 3.63) is 64.7 Å². The molecule has 28 heavy (non-hydrogen) atoms. The van der Waals surface area contributed by atoms with Crippen molar-refractivity contribution in [1.29, 1.82) is 0 Å². The van der Waals surface area contributed by atoms with Crippen molar-refractivity contribution in [1.82, 2.24) is 9.62 Å². The summed E-state index contributed by atoms with van der Waals surface area (Å²) in [6.45, 7) is 2.16. The summed E-state index contributed by atoms with van der Waals surface area (Å²) < 4.78 is 66.4. The van der Waals surface area contributed by atoms with Gasteiger partial charge in [-0.3, -0.25) is 4.90 Å². The third-order valence-electron chi connectivity index (χ3n) is 4.71. The van der Waals surface area contributed by atoms with Gasteiger partial charge in [0.15, 0.2) is 0 Å². The second kappa shape index (κ2) is 8.41. The van der Waals surface area contributed by atoms with Gasteiger partial charge in [0.2, 0.25) is 10.0 Å². The lowest BCUT2D eigenvalue weighted by Gasteiger charge is -2.32. The Bertz CT molecular complexity index is 913. The fraction of sp³-hybridized carbons (Fsp3) is 0.368. The Hall–Kier alpha value is -1.61. The molecule has 0 amide bonds. The van der Waals surface area contributed by atoms with Crippen LogP contribution in [0.3, 0.4) is 0 Å². The van der Waals surface area contributed by atoms with Crippen LogP contribution in [0.15, 0.2) is 53.4 Å². The van der Waals surface area contributed by atoms with Gasteiger partial charge in [-0.2, -0.15) is 13.2 Å². The molecule has 0 atom stereocenters. The molecular weight excluding hydrogens is 413 g/mol. The number of alkyl halides is 3. The van der Waals surface area contributed by atoms with E-state index in [1.54, 1.807) is 0 Å². The molecule has 0 saturated carbocycles. The number of sulfonamides is 1. The van der Waals surface area contributed by atoms with Crippen LogP contribution < -0.4 is 4.72 Å². The van der Waals surface area contributed by atoms with Crippen LogP contribution in [0, 0.1) is 0 Å². The van der Waals surface area contributed by atoms with E-state index in [2.05, 4.69) is 9.62 Å². The lowest BCUT2D eigenvalue weighted by molar-refractivity contribution is -0.137. The van der Waals surface area contributed by atoms with E-state index in [9.17, 15) is 21.6 Å². The van der Waals surface area contributed by atoms with Crippen molar-refractivity contribution in [2.45, 2.75) is 36.5 Å². The molecule has 2 aromatic carbocycles. The molecule has 1 aliphatic heterocycles. The number of nitrogens with zero attached hydrogens (tertiary/aromatic N) is 1. The second-order valence-corrected chi connectivity index (χ2v) is 8.89. The maximum atomic E-state index is 12.9. The summed E-state index contributed by atoms with van der Waals surface area (Å²) in [6.07, 6.45) is -3.50. The minimum absolute atomic E-state index is 0.234. The SMILES string of the molecule is O=S(=O)(NC1CCN(Cc2ccccc2)CC1)c1cc(C(F)(F)F)ccc1Cl. The highest BCUT2D eigenvalue weighted by Crippen LogP contribution is 2.33. The number of hydrogen-bond acceptors (Lipinski definition) is 3. The maximum absolute atomic E-state index is 12.9. The van der Waals surface area contributed by atoms with Crippen LogP contribution in [-0.4, -0.2) is 32.4 Å². The largest absolute Gasteiger partial charge is 0.416 e. The highest BCUT2D eigenvalue weighted by atomic mass is 35.5. The van der Waals surface area contributed by atoms with Crippen LogP contribution in [0.4, 0.5) is 13.2 Å². The summed E-state index contributed by atoms with van der Waals surface area (Å²) in [5.41, 5.74) is 0.132. The first-order valence-corrected chi connectivity index (χ1v) is 10.7. The van der Waals surface area contributed by atoms with E-state index in [-0.39, 0.29) is 11.1 Å². The van der Waals surface area contributed by atoms with E-state index in [4.69, 9.17) is 11.6 Å². The summed E-state index contributed by atoms with van der Waals surface area (Å²) in [5.74, 6) is 0. The van der Waals surface area contributed by atoms with E-state index >= 15 is 0 Å². The number of nitrogens with one attached hydrogen (secondary N) is 1. The van der Waals surface area contributed by atoms with Crippen molar-refractivity contribution < 1.29 is 21.6 Å². The van der Waals surface area contributed by atoms with Crippen molar-refractivity contribution in [3.63, 3.8) is 0 Å². The number of rotatable bonds is 5. The molecule has 0 bridgehead atoms. The highest BCUT2D eigenvalue weighted by Gasteiger charge is 2.33. The summed E-state index contributed by atoms with van der Waals surface area (Å²) in [6, 6.07) is 11.9. The molecule has 0 aromatic heterocycles. The third kappa shape index (κ3) is 5.26. The molecule has 0 radical (unpaired) electrons. The van der Waals surface area contributed by atoms with Gasteiger partial charge in [-0.15, -0.1) is 0 Å². The Balaban J connectivity index is 1.64. The first-order valence-electron chi connectivity index (χ1n) is 8.80. The zero-order valence-electron chi connectivity index (χ0n) is 14.9. The van der Waals surface area contributed by atoms with E-state index in [0.29, 0.717) is 32.0 Å². The lowest BCUT2D eigenvalue weighted by Crippen LogP contribution is -2.44. The number of likely N-dealkylation sites (tertiary alicyclic amines) is 1. The Morgan fingerprint density at radius 1 is 1.07 bits per heavy atom. The summed E-state index contributed by atoms with van der Waals surface area (Å²) in [4.78, 5) is 1.67. The fourth-order valence-electron chi connectivity index (χ4n) is 3.22. The van der Waals surface area contributed by atoms with Crippen LogP contribution in [0.1, 0.15) is 24.0 Å². The molecule has 4 nitrogen and oxygen atoms in total. The number of benzene rings is 2. The predicted octanol–water partition coefficient (Wildman–Crippen LogP) is 4.30. The highest BCUT2D eigenvalue weighted by molar-refractivity contribution is 7.89. The predicted molar refractivity (Wildman–Crippen MR) is 102 cm³/mol. The molecule has 152 valence electrons. The van der Waals surface area contributed by atoms with E-state index in [1.807, 2.05) is 30.3 Å². The van der Waals surface area contributed by atoms with E-state index < -0.39 is 26.7 Å². The minimum Gasteiger partial charge on any atom is -0.299 e. The van der Waals surface area contributed by atoms with Gasteiger partial charge < -0.3 is 0 Å². The Kier molecular flexibility index (Phi) is 6.34. The van der Waals surface area contributed by atoms with Gasteiger partial charge in [0, 0.05) is 25.7 Å². The Labute approximate surface area is 167 Å². The second-order valence-electron chi connectivity index (χ2n) is 6.80. The topological polar surface area (TPSA) is 49.4 Å². The molecule has 3 rings (SSSR count).